The molecule has 3 aliphatic carbocycles. The molecule has 0 fully saturated rings. The topological polar surface area (TPSA) is 65.4 Å². The minimum atomic E-state index is -0.708. The van der Waals surface area contributed by atoms with Crippen LogP contribution < -0.4 is 5.32 Å². The molecular formula is C28H42N2O2S. The van der Waals surface area contributed by atoms with Gasteiger partial charge in [0.05, 0.1) is 11.8 Å². The summed E-state index contributed by atoms with van der Waals surface area (Å²) in [6.45, 7) is 4.34. The molecule has 4 rings (SSSR count). The van der Waals surface area contributed by atoms with E-state index in [0.29, 0.717) is 0 Å². The van der Waals surface area contributed by atoms with Crippen LogP contribution in [0, 0.1) is 23.2 Å². The van der Waals surface area contributed by atoms with Gasteiger partial charge in [-0.25, -0.2) is 4.98 Å². The molecule has 5 unspecified atom stereocenters. The molecule has 0 aliphatic heterocycles. The monoisotopic (exact) mass is 470 g/mol. The highest BCUT2D eigenvalue weighted by Gasteiger charge is 2.43. The van der Waals surface area contributed by atoms with E-state index < -0.39 is 11.6 Å². The van der Waals surface area contributed by atoms with Crippen molar-refractivity contribution in [3.05, 3.63) is 47.0 Å². The van der Waals surface area contributed by atoms with Crippen LogP contribution in [0.2, 0.25) is 0 Å². The Balaban J connectivity index is 1.43. The SMILES string of the molecule is CC(C)(C(O)Nc1nc(CCC2CC=CCC2)cs1)C(C1=CCCCC1)C1C=CCC(O)C1. The molecule has 182 valence electrons. The lowest BCUT2D eigenvalue weighted by atomic mass is 9.63. The Hall–Kier alpha value is -1.43. The summed E-state index contributed by atoms with van der Waals surface area (Å²) >= 11 is 1.60. The Morgan fingerprint density at radius 3 is 2.79 bits per heavy atom. The predicted octanol–water partition coefficient (Wildman–Crippen LogP) is 6.63. The number of anilines is 1. The van der Waals surface area contributed by atoms with E-state index in [4.69, 9.17) is 4.98 Å². The summed E-state index contributed by atoms with van der Waals surface area (Å²) in [6.07, 6.45) is 22.5. The Morgan fingerprint density at radius 2 is 2.06 bits per heavy atom. The van der Waals surface area contributed by atoms with Gasteiger partial charge in [-0.3, -0.25) is 0 Å². The Kier molecular flexibility index (Phi) is 8.48. The maximum Gasteiger partial charge on any atom is 0.184 e. The molecule has 0 aromatic carbocycles. The number of nitrogens with zero attached hydrogens (tertiary/aromatic N) is 1. The first-order valence-corrected chi connectivity index (χ1v) is 13.9. The van der Waals surface area contributed by atoms with Crippen molar-refractivity contribution in [3.8, 4) is 0 Å². The molecule has 5 atom stereocenters. The second-order valence-electron chi connectivity index (χ2n) is 10.9. The number of aliphatic hydroxyl groups is 2. The van der Waals surface area contributed by atoms with Crippen LogP contribution in [0.3, 0.4) is 0 Å². The number of allylic oxidation sites excluding steroid dienone is 5. The van der Waals surface area contributed by atoms with Crippen LogP contribution in [-0.4, -0.2) is 27.5 Å². The number of rotatable bonds is 9. The molecule has 0 saturated heterocycles. The van der Waals surface area contributed by atoms with Crippen molar-refractivity contribution in [1.29, 1.82) is 0 Å². The quantitative estimate of drug-likeness (QED) is 0.280. The fourth-order valence-corrected chi connectivity index (χ4v) is 6.80. The minimum Gasteiger partial charge on any atom is -0.393 e. The van der Waals surface area contributed by atoms with Crippen LogP contribution in [0.25, 0.3) is 0 Å². The normalized spacial score (nSPS) is 27.8. The third-order valence-corrected chi connectivity index (χ3v) is 8.82. The molecule has 3 N–H and O–H groups in total. The Labute approximate surface area is 203 Å². The highest BCUT2D eigenvalue weighted by molar-refractivity contribution is 7.13. The Morgan fingerprint density at radius 1 is 1.18 bits per heavy atom. The van der Waals surface area contributed by atoms with E-state index in [1.165, 1.54) is 44.1 Å². The molecule has 0 amide bonds. The van der Waals surface area contributed by atoms with Crippen molar-refractivity contribution < 1.29 is 10.2 Å². The molecule has 4 nitrogen and oxygen atoms in total. The molecule has 5 heteroatoms. The summed E-state index contributed by atoms with van der Waals surface area (Å²) in [4.78, 5) is 4.81. The van der Waals surface area contributed by atoms with Gasteiger partial charge in [0.1, 0.15) is 6.23 Å². The standard InChI is InChI=1S/C28H42N2O2S/c1-28(2,25(21-12-7-4-8-13-21)22-14-9-15-24(31)18-22)26(32)30-27-29-23(19-33-27)17-16-20-10-5-3-6-11-20/h3,5,9,12,14,19-20,22,24-26,31-32H,4,6-8,10-11,13,15-18H2,1-2H3,(H,29,30). The highest BCUT2D eigenvalue weighted by Crippen LogP contribution is 2.47. The molecule has 0 bridgehead atoms. The van der Waals surface area contributed by atoms with Gasteiger partial charge in [-0.1, -0.05) is 49.8 Å². The molecule has 1 aromatic heterocycles. The van der Waals surface area contributed by atoms with E-state index in [2.05, 4.69) is 54.9 Å². The second kappa shape index (κ2) is 11.3. The third kappa shape index (κ3) is 6.37. The van der Waals surface area contributed by atoms with Crippen LogP contribution >= 0.6 is 11.3 Å². The number of aryl methyl sites for hydroxylation is 1. The molecule has 0 saturated carbocycles. The van der Waals surface area contributed by atoms with E-state index in [1.807, 2.05) is 0 Å². The lowest BCUT2D eigenvalue weighted by molar-refractivity contribution is 0.0113. The fourth-order valence-electron chi connectivity index (χ4n) is 6.03. The van der Waals surface area contributed by atoms with Crippen LogP contribution in [-0.2, 0) is 6.42 Å². The van der Waals surface area contributed by atoms with Crippen molar-refractivity contribution in [3.63, 3.8) is 0 Å². The predicted molar refractivity (Wildman–Crippen MR) is 138 cm³/mol. The summed E-state index contributed by atoms with van der Waals surface area (Å²) in [7, 11) is 0. The zero-order valence-electron chi connectivity index (χ0n) is 20.4. The average Bonchev–Trinajstić information content (AvgIpc) is 3.26. The smallest absolute Gasteiger partial charge is 0.184 e. The van der Waals surface area contributed by atoms with E-state index >= 15 is 0 Å². The summed E-state index contributed by atoms with van der Waals surface area (Å²) in [5.74, 6) is 1.23. The number of thiazole rings is 1. The van der Waals surface area contributed by atoms with E-state index in [1.54, 1.807) is 11.3 Å². The van der Waals surface area contributed by atoms with Gasteiger partial charge in [0.2, 0.25) is 0 Å². The van der Waals surface area contributed by atoms with Crippen LogP contribution in [0.15, 0.2) is 41.3 Å². The van der Waals surface area contributed by atoms with Gasteiger partial charge in [-0.15, -0.1) is 11.3 Å². The van der Waals surface area contributed by atoms with E-state index in [9.17, 15) is 10.2 Å². The highest BCUT2D eigenvalue weighted by atomic mass is 32.1. The van der Waals surface area contributed by atoms with E-state index in [0.717, 1.165) is 48.8 Å². The zero-order chi connectivity index (χ0) is 23.3. The van der Waals surface area contributed by atoms with Crippen LogP contribution in [0.5, 0.6) is 0 Å². The molecule has 1 heterocycles. The van der Waals surface area contributed by atoms with Gasteiger partial charge in [-0.05, 0) is 88.4 Å². The zero-order valence-corrected chi connectivity index (χ0v) is 21.2. The first-order valence-electron chi connectivity index (χ1n) is 13.0. The van der Waals surface area contributed by atoms with Crippen molar-refractivity contribution in [2.75, 3.05) is 5.32 Å². The lowest BCUT2D eigenvalue weighted by Gasteiger charge is -2.45. The van der Waals surface area contributed by atoms with Crippen molar-refractivity contribution in [2.45, 2.75) is 96.8 Å². The number of nitrogens with one attached hydrogen (secondary N) is 1. The lowest BCUT2D eigenvalue weighted by Crippen LogP contribution is -2.46. The summed E-state index contributed by atoms with van der Waals surface area (Å²) in [6, 6.07) is 0. The molecule has 1 aromatic rings. The maximum absolute atomic E-state index is 11.4. The van der Waals surface area contributed by atoms with Gasteiger partial charge >= 0.3 is 0 Å². The molecular weight excluding hydrogens is 428 g/mol. The largest absolute Gasteiger partial charge is 0.393 e. The van der Waals surface area contributed by atoms with Gasteiger partial charge in [-0.2, -0.15) is 0 Å². The Bertz CT molecular complexity index is 856. The average molecular weight is 471 g/mol. The first-order chi connectivity index (χ1) is 15.9. The molecule has 0 spiro atoms. The molecule has 0 radical (unpaired) electrons. The summed E-state index contributed by atoms with van der Waals surface area (Å²) in [5, 5.41) is 28.1. The number of aliphatic hydroxyl groups excluding tert-OH is 2. The number of hydrogen-bond acceptors (Lipinski definition) is 5. The summed E-state index contributed by atoms with van der Waals surface area (Å²) in [5.41, 5.74) is 2.19. The number of aromatic nitrogens is 1. The molecule has 33 heavy (non-hydrogen) atoms. The fraction of sp³-hybridized carbons (Fsp3) is 0.679. The number of hydrogen-bond donors (Lipinski definition) is 3. The summed E-state index contributed by atoms with van der Waals surface area (Å²) < 4.78 is 0. The van der Waals surface area contributed by atoms with Gasteiger partial charge in [0.25, 0.3) is 0 Å². The maximum atomic E-state index is 11.4. The van der Waals surface area contributed by atoms with Gasteiger partial charge in [0, 0.05) is 10.8 Å². The van der Waals surface area contributed by atoms with Gasteiger partial charge in [0.15, 0.2) is 5.13 Å². The van der Waals surface area contributed by atoms with Crippen molar-refractivity contribution in [1.82, 2.24) is 4.98 Å². The first kappa shape index (κ1) is 24.7. The second-order valence-corrected chi connectivity index (χ2v) is 11.8. The van der Waals surface area contributed by atoms with Crippen LogP contribution in [0.1, 0.15) is 83.7 Å². The van der Waals surface area contributed by atoms with Crippen LogP contribution in [0.4, 0.5) is 5.13 Å². The van der Waals surface area contributed by atoms with Gasteiger partial charge < -0.3 is 15.5 Å². The van der Waals surface area contributed by atoms with Crippen molar-refractivity contribution >= 4 is 16.5 Å². The van der Waals surface area contributed by atoms with Crippen molar-refractivity contribution in [2.24, 2.45) is 23.2 Å². The van der Waals surface area contributed by atoms with E-state index in [-0.39, 0.29) is 17.9 Å². The third-order valence-electron chi connectivity index (χ3n) is 7.99. The molecule has 3 aliphatic rings. The minimum absolute atomic E-state index is 0.199.